The molecule has 0 aliphatic rings. The molecule has 0 atom stereocenters. The summed E-state index contributed by atoms with van der Waals surface area (Å²) in [6.07, 6.45) is 9.65. The van der Waals surface area contributed by atoms with Gasteiger partial charge in [0.2, 0.25) is 0 Å². The first kappa shape index (κ1) is 23.9. The van der Waals surface area contributed by atoms with Gasteiger partial charge in [-0.3, -0.25) is 4.98 Å². The molecule has 3 heteroatoms. The lowest BCUT2D eigenvalue weighted by Crippen LogP contribution is -2.33. The van der Waals surface area contributed by atoms with Gasteiger partial charge in [0.25, 0.3) is 0 Å². The van der Waals surface area contributed by atoms with Gasteiger partial charge in [-0.1, -0.05) is 67.6 Å². The van der Waals surface area contributed by atoms with E-state index in [0.717, 1.165) is 24.2 Å². The Kier molecular flexibility index (Phi) is 8.65. The van der Waals surface area contributed by atoms with Gasteiger partial charge in [0.05, 0.1) is 6.16 Å². The Bertz CT molecular complexity index is 1030. The van der Waals surface area contributed by atoms with Gasteiger partial charge in [-0.25, -0.2) is 0 Å². The molecule has 0 radical (unpaired) electrons. The number of pyridine rings is 1. The van der Waals surface area contributed by atoms with Gasteiger partial charge < -0.3 is 5.32 Å². The Morgan fingerprint density at radius 3 is 1.68 bits per heavy atom. The molecule has 1 aromatic heterocycles. The average Bonchev–Trinajstić information content (AvgIpc) is 2.92. The van der Waals surface area contributed by atoms with Crippen molar-refractivity contribution < 1.29 is 0 Å². The van der Waals surface area contributed by atoms with E-state index in [1.807, 2.05) is 18.3 Å². The highest BCUT2D eigenvalue weighted by atomic mass is 31.2. The number of nitrogens with zero attached hydrogens (tertiary/aromatic N) is 1. The van der Waals surface area contributed by atoms with Crippen LogP contribution >= 0.6 is 7.26 Å². The highest BCUT2D eigenvalue weighted by Crippen LogP contribution is 2.55. The van der Waals surface area contributed by atoms with E-state index in [9.17, 15) is 0 Å². The molecule has 1 N–H and O–H groups in total. The SMILES string of the molecule is C=C(NCCCCCC[P+](c1ccccc1)(c1ccccc1)c1ccccc1)c1cccnc1. The third-order valence-corrected chi connectivity index (χ3v) is 10.9. The number of unbranched alkanes of at least 4 members (excludes halogenated alkanes) is 3. The monoisotopic (exact) mass is 465 g/mol. The Morgan fingerprint density at radius 2 is 1.18 bits per heavy atom. The van der Waals surface area contributed by atoms with E-state index in [0.29, 0.717) is 0 Å². The van der Waals surface area contributed by atoms with Crippen molar-refractivity contribution in [2.75, 3.05) is 12.7 Å². The van der Waals surface area contributed by atoms with Crippen molar-refractivity contribution in [3.8, 4) is 0 Å². The number of aromatic nitrogens is 1. The van der Waals surface area contributed by atoms with Gasteiger partial charge in [0.1, 0.15) is 23.2 Å². The number of hydrogen-bond acceptors (Lipinski definition) is 2. The zero-order valence-corrected chi connectivity index (χ0v) is 20.7. The van der Waals surface area contributed by atoms with Crippen LogP contribution in [0.15, 0.2) is 122 Å². The molecule has 0 spiro atoms. The predicted molar refractivity (Wildman–Crippen MR) is 150 cm³/mol. The normalized spacial score (nSPS) is 11.2. The molecular weight excluding hydrogens is 431 g/mol. The summed E-state index contributed by atoms with van der Waals surface area (Å²) in [5.41, 5.74) is 2.01. The summed E-state index contributed by atoms with van der Waals surface area (Å²) in [5, 5.41) is 7.88. The summed E-state index contributed by atoms with van der Waals surface area (Å²) in [5.74, 6) is 0. The molecule has 4 rings (SSSR count). The Balaban J connectivity index is 1.42. The average molecular weight is 466 g/mol. The summed E-state index contributed by atoms with van der Waals surface area (Å²) in [6.45, 7) is 5.09. The van der Waals surface area contributed by atoms with E-state index in [-0.39, 0.29) is 0 Å². The first-order valence-electron chi connectivity index (χ1n) is 12.2. The number of nitrogens with one attached hydrogen (secondary N) is 1. The number of hydrogen-bond donors (Lipinski definition) is 1. The second-order valence-electron chi connectivity index (χ2n) is 8.60. The molecule has 0 aliphatic carbocycles. The van der Waals surface area contributed by atoms with Crippen molar-refractivity contribution in [2.45, 2.75) is 25.7 Å². The van der Waals surface area contributed by atoms with E-state index in [4.69, 9.17) is 0 Å². The minimum absolute atomic E-state index is 0.948. The van der Waals surface area contributed by atoms with Gasteiger partial charge in [-0.05, 0) is 67.8 Å². The first-order valence-corrected chi connectivity index (χ1v) is 14.2. The first-order chi connectivity index (χ1) is 16.8. The van der Waals surface area contributed by atoms with Crippen LogP contribution in [0.4, 0.5) is 0 Å². The molecule has 0 saturated carbocycles. The van der Waals surface area contributed by atoms with E-state index in [2.05, 4.69) is 108 Å². The van der Waals surface area contributed by atoms with E-state index >= 15 is 0 Å². The lowest BCUT2D eigenvalue weighted by atomic mass is 10.2. The maximum absolute atomic E-state index is 4.17. The fraction of sp³-hybridized carbons (Fsp3) is 0.194. The van der Waals surface area contributed by atoms with Crippen LogP contribution in [-0.4, -0.2) is 17.7 Å². The summed E-state index contributed by atoms with van der Waals surface area (Å²) in [4.78, 5) is 4.17. The topological polar surface area (TPSA) is 24.9 Å². The highest BCUT2D eigenvalue weighted by Gasteiger charge is 2.44. The molecule has 1 heterocycles. The van der Waals surface area contributed by atoms with E-state index in [1.54, 1.807) is 6.20 Å². The van der Waals surface area contributed by atoms with Gasteiger partial charge in [-0.2, -0.15) is 0 Å². The van der Waals surface area contributed by atoms with Crippen molar-refractivity contribution in [3.63, 3.8) is 0 Å². The Labute approximate surface area is 205 Å². The molecule has 172 valence electrons. The molecule has 0 saturated heterocycles. The van der Waals surface area contributed by atoms with Crippen LogP contribution < -0.4 is 21.2 Å². The van der Waals surface area contributed by atoms with Crippen molar-refractivity contribution in [1.29, 1.82) is 0 Å². The predicted octanol–water partition coefficient (Wildman–Crippen LogP) is 6.20. The Hall–Kier alpha value is -3.22. The molecule has 0 aliphatic heterocycles. The third kappa shape index (κ3) is 5.82. The van der Waals surface area contributed by atoms with Crippen LogP contribution in [0, 0.1) is 0 Å². The maximum atomic E-state index is 4.17. The minimum atomic E-state index is -1.70. The second kappa shape index (κ2) is 12.3. The molecule has 0 amide bonds. The summed E-state index contributed by atoms with van der Waals surface area (Å²) >= 11 is 0. The van der Waals surface area contributed by atoms with Crippen molar-refractivity contribution >= 4 is 28.9 Å². The standard InChI is InChI=1S/C31H34N2P/c1-27(28-16-15-23-32-26-28)33-24-13-2-3-14-25-34(29-17-7-4-8-18-29,30-19-9-5-10-20-30)31-21-11-6-12-22-31/h4-12,15-23,26,33H,1-3,13-14,24-25H2/q+1. The van der Waals surface area contributed by atoms with Gasteiger partial charge in [0.15, 0.2) is 0 Å². The fourth-order valence-corrected chi connectivity index (χ4v) is 9.00. The van der Waals surface area contributed by atoms with Gasteiger partial charge in [-0.15, -0.1) is 0 Å². The lowest BCUT2D eigenvalue weighted by Gasteiger charge is -2.27. The molecule has 0 bridgehead atoms. The molecule has 2 nitrogen and oxygen atoms in total. The van der Waals surface area contributed by atoms with Crippen molar-refractivity contribution in [2.24, 2.45) is 0 Å². The zero-order chi connectivity index (χ0) is 23.5. The van der Waals surface area contributed by atoms with Crippen molar-refractivity contribution in [1.82, 2.24) is 10.3 Å². The Morgan fingerprint density at radius 1 is 0.647 bits per heavy atom. The fourth-order valence-electron chi connectivity index (χ4n) is 4.59. The third-order valence-electron chi connectivity index (χ3n) is 6.36. The molecule has 34 heavy (non-hydrogen) atoms. The molecular formula is C31H34N2P+. The zero-order valence-electron chi connectivity index (χ0n) is 19.8. The van der Waals surface area contributed by atoms with Crippen LogP contribution in [0.2, 0.25) is 0 Å². The van der Waals surface area contributed by atoms with Crippen LogP contribution in [0.3, 0.4) is 0 Å². The van der Waals surface area contributed by atoms with Crippen LogP contribution in [-0.2, 0) is 0 Å². The van der Waals surface area contributed by atoms with Crippen LogP contribution in [0.5, 0.6) is 0 Å². The molecule has 3 aromatic carbocycles. The summed E-state index contributed by atoms with van der Waals surface area (Å²) in [6, 6.07) is 37.5. The number of rotatable bonds is 12. The number of benzene rings is 3. The molecule has 0 fully saturated rings. The second-order valence-corrected chi connectivity index (χ2v) is 12.2. The largest absolute Gasteiger partial charge is 0.385 e. The lowest BCUT2D eigenvalue weighted by molar-refractivity contribution is 0.652. The van der Waals surface area contributed by atoms with Gasteiger partial charge in [0, 0.05) is 30.2 Å². The minimum Gasteiger partial charge on any atom is -0.385 e. The van der Waals surface area contributed by atoms with Crippen molar-refractivity contribution in [3.05, 3.63) is 128 Å². The van der Waals surface area contributed by atoms with Crippen LogP contribution in [0.25, 0.3) is 5.70 Å². The van der Waals surface area contributed by atoms with Gasteiger partial charge >= 0.3 is 0 Å². The van der Waals surface area contributed by atoms with E-state index < -0.39 is 7.26 Å². The summed E-state index contributed by atoms with van der Waals surface area (Å²) in [7, 11) is -1.70. The highest BCUT2D eigenvalue weighted by molar-refractivity contribution is 7.95. The van der Waals surface area contributed by atoms with Crippen LogP contribution in [0.1, 0.15) is 31.2 Å². The molecule has 0 unspecified atom stereocenters. The maximum Gasteiger partial charge on any atom is 0.112 e. The van der Waals surface area contributed by atoms with E-state index in [1.165, 1.54) is 41.3 Å². The summed E-state index contributed by atoms with van der Waals surface area (Å²) < 4.78 is 0. The smallest absolute Gasteiger partial charge is 0.112 e. The molecule has 4 aromatic rings. The quantitative estimate of drug-likeness (QED) is 0.199.